The number of aliphatic hydroxyl groups is 1. The molecule has 0 radical (unpaired) electrons. The molecule has 0 fully saturated rings. The molecule has 0 spiro atoms. The molecule has 0 bridgehead atoms. The molecule has 0 aliphatic heterocycles. The molecule has 0 saturated heterocycles. The Morgan fingerprint density at radius 1 is 1.33 bits per heavy atom. The van der Waals surface area contributed by atoms with Crippen LogP contribution in [0.5, 0.6) is 0 Å². The van der Waals surface area contributed by atoms with Gasteiger partial charge in [0.1, 0.15) is 0 Å². The summed E-state index contributed by atoms with van der Waals surface area (Å²) in [7, 11) is 0. The summed E-state index contributed by atoms with van der Waals surface area (Å²) in [5, 5.41) is 15.3. The number of aromatic nitrogens is 2. The molecule has 1 heterocycles. The molecule has 4 heteroatoms. The van der Waals surface area contributed by atoms with Crippen molar-refractivity contribution in [2.45, 2.75) is 66.0 Å². The molecule has 1 N–H and O–H groups in total. The van der Waals surface area contributed by atoms with Gasteiger partial charge in [-0.15, -0.1) is 0 Å². The van der Waals surface area contributed by atoms with E-state index in [0.29, 0.717) is 6.42 Å². The largest absolute Gasteiger partial charge is 0.389 e. The van der Waals surface area contributed by atoms with E-state index in [2.05, 4.69) is 48.7 Å². The molecule has 0 aliphatic carbocycles. The lowest BCUT2D eigenvalue weighted by atomic mass is 9.83. The van der Waals surface area contributed by atoms with Crippen molar-refractivity contribution in [3.05, 3.63) is 15.9 Å². The predicted octanol–water partition coefficient (Wildman–Crippen LogP) is 3.57. The lowest BCUT2D eigenvalue weighted by molar-refractivity contribution is -0.0101. The molecule has 0 amide bonds. The third-order valence-electron chi connectivity index (χ3n) is 3.85. The van der Waals surface area contributed by atoms with Crippen molar-refractivity contribution < 1.29 is 5.11 Å². The predicted molar refractivity (Wildman–Crippen MR) is 78.8 cm³/mol. The molecule has 3 nitrogen and oxygen atoms in total. The summed E-state index contributed by atoms with van der Waals surface area (Å²) in [6.07, 6.45) is 2.32. The van der Waals surface area contributed by atoms with Gasteiger partial charge in [0.25, 0.3) is 0 Å². The van der Waals surface area contributed by atoms with Crippen LogP contribution in [0.1, 0.15) is 52.4 Å². The SMILES string of the molecule is CCc1nn(CC)c(CC(O)(CC)C(C)C)c1Br. The average molecular weight is 317 g/mol. The van der Waals surface area contributed by atoms with Gasteiger partial charge in [0.15, 0.2) is 0 Å². The van der Waals surface area contributed by atoms with E-state index < -0.39 is 5.60 Å². The van der Waals surface area contributed by atoms with Crippen LogP contribution in [0.15, 0.2) is 4.47 Å². The highest BCUT2D eigenvalue weighted by Crippen LogP contribution is 2.31. The lowest BCUT2D eigenvalue weighted by Gasteiger charge is -2.31. The van der Waals surface area contributed by atoms with E-state index in [4.69, 9.17) is 0 Å². The van der Waals surface area contributed by atoms with E-state index in [-0.39, 0.29) is 5.92 Å². The molecular formula is C14H25BrN2O. The normalized spacial score (nSPS) is 15.1. The maximum absolute atomic E-state index is 10.7. The van der Waals surface area contributed by atoms with Gasteiger partial charge in [0.2, 0.25) is 0 Å². The number of nitrogens with zero attached hydrogens (tertiary/aromatic N) is 2. The Morgan fingerprint density at radius 3 is 2.33 bits per heavy atom. The lowest BCUT2D eigenvalue weighted by Crippen LogP contribution is -2.37. The van der Waals surface area contributed by atoms with Crippen LogP contribution in [-0.2, 0) is 19.4 Å². The fraction of sp³-hybridized carbons (Fsp3) is 0.786. The van der Waals surface area contributed by atoms with E-state index in [9.17, 15) is 5.11 Å². The van der Waals surface area contributed by atoms with Crippen LogP contribution in [0.25, 0.3) is 0 Å². The molecule has 1 aromatic rings. The van der Waals surface area contributed by atoms with Crippen LogP contribution in [0.3, 0.4) is 0 Å². The first-order valence-electron chi connectivity index (χ1n) is 6.85. The quantitative estimate of drug-likeness (QED) is 0.871. The van der Waals surface area contributed by atoms with E-state index >= 15 is 0 Å². The molecule has 1 atom stereocenters. The van der Waals surface area contributed by atoms with Crippen molar-refractivity contribution in [3.63, 3.8) is 0 Å². The van der Waals surface area contributed by atoms with Crippen LogP contribution in [0.2, 0.25) is 0 Å². The maximum atomic E-state index is 10.7. The second-order valence-corrected chi connectivity index (χ2v) is 5.96. The van der Waals surface area contributed by atoms with Crippen LogP contribution < -0.4 is 0 Å². The highest BCUT2D eigenvalue weighted by atomic mass is 79.9. The van der Waals surface area contributed by atoms with E-state index in [1.165, 1.54) is 0 Å². The Morgan fingerprint density at radius 2 is 1.94 bits per heavy atom. The van der Waals surface area contributed by atoms with Crippen molar-refractivity contribution in [2.75, 3.05) is 0 Å². The molecule has 1 unspecified atom stereocenters. The minimum Gasteiger partial charge on any atom is -0.389 e. The number of halogens is 1. The first-order valence-corrected chi connectivity index (χ1v) is 7.65. The van der Waals surface area contributed by atoms with Gasteiger partial charge in [-0.3, -0.25) is 4.68 Å². The van der Waals surface area contributed by atoms with Gasteiger partial charge in [-0.2, -0.15) is 5.10 Å². The zero-order valence-electron chi connectivity index (χ0n) is 12.1. The Bertz CT molecular complexity index is 401. The number of hydrogen-bond acceptors (Lipinski definition) is 2. The summed E-state index contributed by atoms with van der Waals surface area (Å²) in [6, 6.07) is 0. The van der Waals surface area contributed by atoms with Crippen LogP contribution in [0, 0.1) is 5.92 Å². The minimum absolute atomic E-state index is 0.236. The van der Waals surface area contributed by atoms with Gasteiger partial charge in [-0.05, 0) is 41.6 Å². The van der Waals surface area contributed by atoms with E-state index in [0.717, 1.165) is 35.2 Å². The zero-order valence-corrected chi connectivity index (χ0v) is 13.7. The van der Waals surface area contributed by atoms with E-state index in [1.807, 2.05) is 11.6 Å². The van der Waals surface area contributed by atoms with Crippen LogP contribution in [0.4, 0.5) is 0 Å². The van der Waals surface area contributed by atoms with Gasteiger partial charge in [0.05, 0.1) is 21.5 Å². The first kappa shape index (κ1) is 15.7. The fourth-order valence-electron chi connectivity index (χ4n) is 2.21. The van der Waals surface area contributed by atoms with Crippen LogP contribution in [-0.4, -0.2) is 20.5 Å². The first-order chi connectivity index (χ1) is 8.39. The molecule has 104 valence electrons. The molecule has 18 heavy (non-hydrogen) atoms. The summed E-state index contributed by atoms with van der Waals surface area (Å²) in [5.74, 6) is 0.236. The smallest absolute Gasteiger partial charge is 0.0766 e. The second kappa shape index (κ2) is 6.20. The summed E-state index contributed by atoms with van der Waals surface area (Å²) in [5.41, 5.74) is 1.54. The standard InChI is InChI=1S/C14H25BrN2O/c1-6-11-13(15)12(17(8-3)16-11)9-14(18,7-2)10(4)5/h10,18H,6-9H2,1-5H3. The summed E-state index contributed by atoms with van der Waals surface area (Å²) >= 11 is 3.64. The maximum Gasteiger partial charge on any atom is 0.0766 e. The summed E-state index contributed by atoms with van der Waals surface area (Å²) in [6.45, 7) is 11.2. The van der Waals surface area contributed by atoms with Crippen molar-refractivity contribution >= 4 is 15.9 Å². The van der Waals surface area contributed by atoms with Gasteiger partial charge in [-0.1, -0.05) is 27.7 Å². The summed E-state index contributed by atoms with van der Waals surface area (Å²) < 4.78 is 3.07. The zero-order chi connectivity index (χ0) is 13.9. The van der Waals surface area contributed by atoms with Crippen molar-refractivity contribution in [1.82, 2.24) is 9.78 Å². The third kappa shape index (κ3) is 2.97. The van der Waals surface area contributed by atoms with Gasteiger partial charge < -0.3 is 5.11 Å². The van der Waals surface area contributed by atoms with Crippen LogP contribution >= 0.6 is 15.9 Å². The Hall–Kier alpha value is -0.350. The van der Waals surface area contributed by atoms with Gasteiger partial charge >= 0.3 is 0 Å². The molecule has 0 saturated carbocycles. The van der Waals surface area contributed by atoms with E-state index in [1.54, 1.807) is 0 Å². The minimum atomic E-state index is -0.652. The van der Waals surface area contributed by atoms with Gasteiger partial charge in [0, 0.05) is 13.0 Å². The number of aryl methyl sites for hydroxylation is 2. The highest BCUT2D eigenvalue weighted by molar-refractivity contribution is 9.10. The Balaban J connectivity index is 3.13. The topological polar surface area (TPSA) is 38.0 Å². The molecular weight excluding hydrogens is 292 g/mol. The Labute approximate surface area is 119 Å². The molecule has 1 aromatic heterocycles. The third-order valence-corrected chi connectivity index (χ3v) is 4.77. The van der Waals surface area contributed by atoms with Gasteiger partial charge in [-0.25, -0.2) is 0 Å². The molecule has 1 rings (SSSR count). The number of rotatable bonds is 6. The highest BCUT2D eigenvalue weighted by Gasteiger charge is 2.32. The monoisotopic (exact) mass is 316 g/mol. The van der Waals surface area contributed by atoms with Crippen molar-refractivity contribution in [1.29, 1.82) is 0 Å². The average Bonchev–Trinajstić information content (AvgIpc) is 2.65. The molecule has 0 aliphatic rings. The fourth-order valence-corrected chi connectivity index (χ4v) is 2.92. The second-order valence-electron chi connectivity index (χ2n) is 5.17. The number of hydrogen-bond donors (Lipinski definition) is 1. The van der Waals surface area contributed by atoms with Crippen molar-refractivity contribution in [2.24, 2.45) is 5.92 Å². The molecule has 0 aromatic carbocycles. The Kier molecular flexibility index (Phi) is 5.41. The van der Waals surface area contributed by atoms with Crippen molar-refractivity contribution in [3.8, 4) is 0 Å². The summed E-state index contributed by atoms with van der Waals surface area (Å²) in [4.78, 5) is 0.